The number of para-hydroxylation sites is 1. The van der Waals surface area contributed by atoms with Gasteiger partial charge in [0.25, 0.3) is 0 Å². The second-order valence-corrected chi connectivity index (χ2v) is 7.53. The predicted octanol–water partition coefficient (Wildman–Crippen LogP) is 3.03. The standard InChI is InChI=1S/C23H26N4O2/c24-17-19-4-1-2-5-22(19)27-13-11-26(12-14-27)10-3-15-29-20-7-8-21-18(16-20)6-9-23(28)25-21/h1-2,4-5,7-8,16H,3,6,9-15H2,(H,25,28). The molecule has 0 unspecified atom stereocenters. The van der Waals surface area contributed by atoms with Gasteiger partial charge in [-0.2, -0.15) is 5.26 Å². The molecule has 1 amide bonds. The van der Waals surface area contributed by atoms with Crippen molar-refractivity contribution in [3.05, 3.63) is 53.6 Å². The third kappa shape index (κ3) is 4.69. The maximum absolute atomic E-state index is 11.4. The summed E-state index contributed by atoms with van der Waals surface area (Å²) in [5.41, 5.74) is 3.85. The lowest BCUT2D eigenvalue weighted by Gasteiger charge is -2.36. The van der Waals surface area contributed by atoms with Gasteiger partial charge in [-0.1, -0.05) is 12.1 Å². The van der Waals surface area contributed by atoms with Crippen LogP contribution in [-0.2, 0) is 11.2 Å². The summed E-state index contributed by atoms with van der Waals surface area (Å²) in [6.07, 6.45) is 2.29. The third-order valence-corrected chi connectivity index (χ3v) is 5.60. The van der Waals surface area contributed by atoms with E-state index in [0.29, 0.717) is 13.0 Å². The van der Waals surface area contributed by atoms with Gasteiger partial charge in [0, 0.05) is 44.8 Å². The number of piperazine rings is 1. The summed E-state index contributed by atoms with van der Waals surface area (Å²) in [6, 6.07) is 16.0. The number of nitriles is 1. The highest BCUT2D eigenvalue weighted by atomic mass is 16.5. The van der Waals surface area contributed by atoms with Crippen LogP contribution in [0.3, 0.4) is 0 Å². The molecule has 0 aromatic heterocycles. The second kappa shape index (κ2) is 8.97. The van der Waals surface area contributed by atoms with Crippen LogP contribution in [-0.4, -0.2) is 50.1 Å². The Hall–Kier alpha value is -3.04. The van der Waals surface area contributed by atoms with Gasteiger partial charge in [-0.25, -0.2) is 0 Å². The van der Waals surface area contributed by atoms with E-state index in [1.165, 1.54) is 0 Å². The Balaban J connectivity index is 1.20. The molecule has 0 aliphatic carbocycles. The monoisotopic (exact) mass is 390 g/mol. The van der Waals surface area contributed by atoms with Crippen molar-refractivity contribution in [3.8, 4) is 11.8 Å². The normalized spacial score (nSPS) is 16.7. The van der Waals surface area contributed by atoms with Crippen molar-refractivity contribution in [1.82, 2.24) is 4.90 Å². The number of fused-ring (bicyclic) bond motifs is 1. The molecule has 2 aromatic carbocycles. The molecule has 4 rings (SSSR count). The van der Waals surface area contributed by atoms with Gasteiger partial charge in [0.1, 0.15) is 11.8 Å². The minimum Gasteiger partial charge on any atom is -0.494 e. The van der Waals surface area contributed by atoms with Gasteiger partial charge in [0.15, 0.2) is 0 Å². The molecular formula is C23H26N4O2. The second-order valence-electron chi connectivity index (χ2n) is 7.53. The minimum absolute atomic E-state index is 0.0855. The number of nitrogens with zero attached hydrogens (tertiary/aromatic N) is 3. The fourth-order valence-corrected chi connectivity index (χ4v) is 3.98. The van der Waals surface area contributed by atoms with E-state index in [1.54, 1.807) is 0 Å². The van der Waals surface area contributed by atoms with E-state index in [4.69, 9.17) is 4.74 Å². The molecule has 2 aromatic rings. The van der Waals surface area contributed by atoms with Gasteiger partial charge in [0.2, 0.25) is 5.91 Å². The molecule has 2 aliphatic rings. The summed E-state index contributed by atoms with van der Waals surface area (Å²) in [4.78, 5) is 16.2. The van der Waals surface area contributed by atoms with Gasteiger partial charge in [-0.3, -0.25) is 9.69 Å². The lowest BCUT2D eigenvalue weighted by Crippen LogP contribution is -2.47. The van der Waals surface area contributed by atoms with Crippen LogP contribution in [0.25, 0.3) is 0 Å². The Morgan fingerprint density at radius 1 is 1.07 bits per heavy atom. The Morgan fingerprint density at radius 3 is 2.72 bits per heavy atom. The first kappa shape index (κ1) is 19.3. The summed E-state index contributed by atoms with van der Waals surface area (Å²) in [5.74, 6) is 0.959. The fraction of sp³-hybridized carbons (Fsp3) is 0.391. The van der Waals surface area contributed by atoms with E-state index in [-0.39, 0.29) is 5.91 Å². The lowest BCUT2D eigenvalue weighted by molar-refractivity contribution is -0.116. The van der Waals surface area contributed by atoms with Crippen LogP contribution in [0.15, 0.2) is 42.5 Å². The van der Waals surface area contributed by atoms with Gasteiger partial charge in [-0.05, 0) is 48.7 Å². The zero-order chi connectivity index (χ0) is 20.1. The number of benzene rings is 2. The van der Waals surface area contributed by atoms with E-state index in [0.717, 1.165) is 73.8 Å². The van der Waals surface area contributed by atoms with E-state index in [2.05, 4.69) is 21.2 Å². The fourth-order valence-electron chi connectivity index (χ4n) is 3.98. The largest absolute Gasteiger partial charge is 0.494 e. The van der Waals surface area contributed by atoms with Crippen LogP contribution < -0.4 is 15.0 Å². The first-order valence-electron chi connectivity index (χ1n) is 10.2. The lowest BCUT2D eigenvalue weighted by atomic mass is 10.0. The van der Waals surface area contributed by atoms with Crippen LogP contribution >= 0.6 is 0 Å². The van der Waals surface area contributed by atoms with Crippen molar-refractivity contribution in [2.45, 2.75) is 19.3 Å². The highest BCUT2D eigenvalue weighted by Gasteiger charge is 2.19. The quantitative estimate of drug-likeness (QED) is 0.768. The Morgan fingerprint density at radius 2 is 1.90 bits per heavy atom. The molecule has 0 atom stereocenters. The number of ether oxygens (including phenoxy) is 1. The van der Waals surface area contributed by atoms with Crippen LogP contribution in [0.2, 0.25) is 0 Å². The molecule has 1 N–H and O–H groups in total. The van der Waals surface area contributed by atoms with Gasteiger partial charge >= 0.3 is 0 Å². The van der Waals surface area contributed by atoms with Gasteiger partial charge < -0.3 is 15.0 Å². The number of hydrogen-bond donors (Lipinski definition) is 1. The highest BCUT2D eigenvalue weighted by Crippen LogP contribution is 2.27. The maximum Gasteiger partial charge on any atom is 0.224 e. The molecule has 0 spiro atoms. The number of anilines is 2. The van der Waals surface area contributed by atoms with E-state index in [9.17, 15) is 10.1 Å². The van der Waals surface area contributed by atoms with Crippen molar-refractivity contribution in [3.63, 3.8) is 0 Å². The highest BCUT2D eigenvalue weighted by molar-refractivity contribution is 5.94. The SMILES string of the molecule is N#Cc1ccccc1N1CCN(CCCOc2ccc3c(c2)CCC(=O)N3)CC1. The summed E-state index contributed by atoms with van der Waals surface area (Å²) in [5, 5.41) is 12.2. The van der Waals surface area contributed by atoms with E-state index < -0.39 is 0 Å². The summed E-state index contributed by atoms with van der Waals surface area (Å²) >= 11 is 0. The van der Waals surface area contributed by atoms with Crippen LogP contribution in [0.1, 0.15) is 24.0 Å². The molecule has 6 heteroatoms. The number of aryl methyl sites for hydroxylation is 1. The van der Waals surface area contributed by atoms with E-state index in [1.807, 2.05) is 42.5 Å². The number of hydrogen-bond acceptors (Lipinski definition) is 5. The summed E-state index contributed by atoms with van der Waals surface area (Å²) in [7, 11) is 0. The summed E-state index contributed by atoms with van der Waals surface area (Å²) in [6.45, 7) is 5.57. The number of nitrogens with one attached hydrogen (secondary N) is 1. The number of amides is 1. The zero-order valence-electron chi connectivity index (χ0n) is 16.6. The zero-order valence-corrected chi connectivity index (χ0v) is 16.6. The Labute approximate surface area is 171 Å². The topological polar surface area (TPSA) is 68.6 Å². The van der Waals surface area contributed by atoms with Crippen LogP contribution in [0, 0.1) is 11.3 Å². The predicted molar refractivity (Wildman–Crippen MR) is 113 cm³/mol. The van der Waals surface area contributed by atoms with Gasteiger partial charge in [-0.15, -0.1) is 0 Å². The van der Waals surface area contributed by atoms with Crippen molar-refractivity contribution in [1.29, 1.82) is 5.26 Å². The summed E-state index contributed by atoms with van der Waals surface area (Å²) < 4.78 is 5.92. The van der Waals surface area contributed by atoms with E-state index >= 15 is 0 Å². The molecule has 1 fully saturated rings. The average Bonchev–Trinajstić information content (AvgIpc) is 2.77. The molecule has 2 heterocycles. The number of carbonyl (C=O) groups is 1. The molecule has 6 nitrogen and oxygen atoms in total. The van der Waals surface area contributed by atoms with Crippen LogP contribution in [0.4, 0.5) is 11.4 Å². The van der Waals surface area contributed by atoms with Crippen molar-refractivity contribution in [2.24, 2.45) is 0 Å². The molecule has 29 heavy (non-hydrogen) atoms. The molecule has 1 saturated heterocycles. The molecule has 0 bridgehead atoms. The number of carbonyl (C=O) groups excluding carboxylic acids is 1. The molecular weight excluding hydrogens is 364 g/mol. The van der Waals surface area contributed by atoms with Gasteiger partial charge in [0.05, 0.1) is 17.9 Å². The molecule has 0 radical (unpaired) electrons. The van der Waals surface area contributed by atoms with Crippen molar-refractivity contribution < 1.29 is 9.53 Å². The molecule has 150 valence electrons. The maximum atomic E-state index is 11.4. The number of rotatable bonds is 6. The van der Waals surface area contributed by atoms with Crippen molar-refractivity contribution >= 4 is 17.3 Å². The third-order valence-electron chi connectivity index (χ3n) is 5.60. The first-order valence-corrected chi connectivity index (χ1v) is 10.2. The minimum atomic E-state index is 0.0855. The smallest absolute Gasteiger partial charge is 0.224 e. The molecule has 2 aliphatic heterocycles. The van der Waals surface area contributed by atoms with Crippen LogP contribution in [0.5, 0.6) is 5.75 Å². The molecule has 0 saturated carbocycles. The average molecular weight is 390 g/mol. The first-order chi connectivity index (χ1) is 14.2. The van der Waals surface area contributed by atoms with Crippen molar-refractivity contribution in [2.75, 3.05) is 49.5 Å². The Bertz CT molecular complexity index is 913. The Kier molecular flexibility index (Phi) is 5.97.